The maximum Gasteiger partial charge on any atom is 0.124 e. The Bertz CT molecular complexity index is 388. The Labute approximate surface area is 102 Å². The maximum absolute atomic E-state index is 10.2. The van der Waals surface area contributed by atoms with E-state index in [1.54, 1.807) is 0 Å². The Hall–Kier alpha value is -1.06. The minimum absolute atomic E-state index is 0.125. The van der Waals surface area contributed by atoms with Crippen molar-refractivity contribution in [3.63, 3.8) is 0 Å². The van der Waals surface area contributed by atoms with Crippen molar-refractivity contribution in [1.29, 1.82) is 0 Å². The lowest BCUT2D eigenvalue weighted by atomic mass is 9.94. The molecule has 1 fully saturated rings. The monoisotopic (exact) mass is 233 g/mol. The van der Waals surface area contributed by atoms with Gasteiger partial charge in [0.2, 0.25) is 0 Å². The summed E-state index contributed by atoms with van der Waals surface area (Å²) < 4.78 is 5.58. The summed E-state index contributed by atoms with van der Waals surface area (Å²) in [6.45, 7) is 2.60. The summed E-state index contributed by atoms with van der Waals surface area (Å²) in [6, 6.07) is 8.22. The van der Waals surface area contributed by atoms with E-state index in [-0.39, 0.29) is 6.04 Å². The van der Waals surface area contributed by atoms with Gasteiger partial charge in [-0.05, 0) is 32.0 Å². The molecule has 0 saturated carbocycles. The quantitative estimate of drug-likeness (QED) is 0.805. The summed E-state index contributed by atoms with van der Waals surface area (Å²) in [4.78, 5) is 2.41. The zero-order valence-electron chi connectivity index (χ0n) is 10.0. The van der Waals surface area contributed by atoms with Gasteiger partial charge >= 0.3 is 0 Å². The molecule has 1 aromatic rings. The molecule has 2 aliphatic rings. The van der Waals surface area contributed by atoms with E-state index in [0.717, 1.165) is 24.4 Å². The number of hydrogen-bond donors (Lipinski definition) is 1. The van der Waals surface area contributed by atoms with Crippen molar-refractivity contribution < 1.29 is 9.84 Å². The predicted octanol–water partition coefficient (Wildman–Crippen LogP) is 1.97. The molecule has 1 N–H and O–H groups in total. The van der Waals surface area contributed by atoms with Gasteiger partial charge in [0.15, 0.2) is 0 Å². The van der Waals surface area contributed by atoms with Crippen LogP contribution in [0.4, 0.5) is 0 Å². The van der Waals surface area contributed by atoms with Crippen LogP contribution in [0.1, 0.15) is 30.9 Å². The Morgan fingerprint density at radius 2 is 1.88 bits per heavy atom. The Kier molecular flexibility index (Phi) is 3.04. The standard InChI is InChI=1S/C14H19NO2/c16-12-10-17-13-7-3-2-6-11(13)14(12)15-8-4-1-5-9-15/h2-3,6-7,12,14,16H,1,4-5,8-10H2. The summed E-state index contributed by atoms with van der Waals surface area (Å²) in [5.41, 5.74) is 1.15. The van der Waals surface area contributed by atoms with Crippen LogP contribution in [0.15, 0.2) is 24.3 Å². The maximum atomic E-state index is 10.2. The van der Waals surface area contributed by atoms with E-state index in [1.165, 1.54) is 19.3 Å². The summed E-state index contributed by atoms with van der Waals surface area (Å²) in [5, 5.41) is 10.2. The van der Waals surface area contributed by atoms with Gasteiger partial charge < -0.3 is 9.84 Å². The Morgan fingerprint density at radius 3 is 2.71 bits per heavy atom. The van der Waals surface area contributed by atoms with Crippen LogP contribution >= 0.6 is 0 Å². The first-order valence-electron chi connectivity index (χ1n) is 6.50. The van der Waals surface area contributed by atoms with Crippen molar-refractivity contribution in [2.24, 2.45) is 0 Å². The molecular formula is C14H19NO2. The van der Waals surface area contributed by atoms with Crippen molar-refractivity contribution in [2.75, 3.05) is 19.7 Å². The lowest BCUT2D eigenvalue weighted by Crippen LogP contribution is -2.44. The lowest BCUT2D eigenvalue weighted by molar-refractivity contribution is -0.00673. The highest BCUT2D eigenvalue weighted by Crippen LogP contribution is 2.37. The molecule has 17 heavy (non-hydrogen) atoms. The minimum Gasteiger partial charge on any atom is -0.490 e. The molecule has 92 valence electrons. The zero-order valence-corrected chi connectivity index (χ0v) is 10.0. The average Bonchev–Trinajstić information content (AvgIpc) is 2.39. The third-order valence-electron chi connectivity index (χ3n) is 3.80. The molecule has 0 radical (unpaired) electrons. The molecule has 1 aromatic carbocycles. The first-order chi connectivity index (χ1) is 8.36. The normalized spacial score (nSPS) is 29.5. The second kappa shape index (κ2) is 4.67. The molecule has 3 rings (SSSR count). The average molecular weight is 233 g/mol. The van der Waals surface area contributed by atoms with Gasteiger partial charge in [-0.25, -0.2) is 0 Å². The molecule has 0 spiro atoms. The van der Waals surface area contributed by atoms with E-state index in [2.05, 4.69) is 11.0 Å². The molecule has 0 bridgehead atoms. The van der Waals surface area contributed by atoms with Crippen LogP contribution < -0.4 is 4.74 Å². The van der Waals surface area contributed by atoms with E-state index in [4.69, 9.17) is 4.74 Å². The number of benzene rings is 1. The number of ether oxygens (including phenoxy) is 1. The highest BCUT2D eigenvalue weighted by Gasteiger charge is 2.34. The van der Waals surface area contributed by atoms with Gasteiger partial charge in [-0.3, -0.25) is 4.90 Å². The smallest absolute Gasteiger partial charge is 0.124 e. The zero-order chi connectivity index (χ0) is 11.7. The number of piperidine rings is 1. The summed E-state index contributed by atoms with van der Waals surface area (Å²) in [6.07, 6.45) is 3.40. The van der Waals surface area contributed by atoms with E-state index >= 15 is 0 Å². The van der Waals surface area contributed by atoms with Crippen LogP contribution in [-0.2, 0) is 0 Å². The van der Waals surface area contributed by atoms with Crippen LogP contribution in [0.3, 0.4) is 0 Å². The van der Waals surface area contributed by atoms with Gasteiger partial charge in [0.05, 0.1) is 6.04 Å². The Balaban J connectivity index is 1.91. The number of nitrogens with zero attached hydrogens (tertiary/aromatic N) is 1. The fourth-order valence-corrected chi connectivity index (χ4v) is 2.97. The summed E-state index contributed by atoms with van der Waals surface area (Å²) >= 11 is 0. The van der Waals surface area contributed by atoms with Crippen LogP contribution in [0.2, 0.25) is 0 Å². The van der Waals surface area contributed by atoms with Crippen molar-refractivity contribution in [3.8, 4) is 5.75 Å². The summed E-state index contributed by atoms with van der Waals surface area (Å²) in [7, 11) is 0. The molecule has 2 heterocycles. The molecule has 0 amide bonds. The third kappa shape index (κ3) is 2.05. The topological polar surface area (TPSA) is 32.7 Å². The number of likely N-dealkylation sites (tertiary alicyclic amines) is 1. The second-order valence-electron chi connectivity index (χ2n) is 4.96. The lowest BCUT2D eigenvalue weighted by Gasteiger charge is -2.40. The first-order valence-corrected chi connectivity index (χ1v) is 6.50. The molecule has 2 aliphatic heterocycles. The van der Waals surface area contributed by atoms with Crippen LogP contribution in [0.5, 0.6) is 5.75 Å². The largest absolute Gasteiger partial charge is 0.490 e. The summed E-state index contributed by atoms with van der Waals surface area (Å²) in [5.74, 6) is 0.938. The van der Waals surface area contributed by atoms with Gasteiger partial charge in [0, 0.05) is 5.56 Å². The highest BCUT2D eigenvalue weighted by atomic mass is 16.5. The van der Waals surface area contributed by atoms with E-state index < -0.39 is 6.10 Å². The molecule has 3 heteroatoms. The van der Waals surface area contributed by atoms with Crippen molar-refractivity contribution in [2.45, 2.75) is 31.4 Å². The van der Waals surface area contributed by atoms with Crippen LogP contribution in [0, 0.1) is 0 Å². The van der Waals surface area contributed by atoms with Gasteiger partial charge in [-0.2, -0.15) is 0 Å². The van der Waals surface area contributed by atoms with Crippen LogP contribution in [-0.4, -0.2) is 35.8 Å². The van der Waals surface area contributed by atoms with Crippen molar-refractivity contribution >= 4 is 0 Å². The molecule has 0 aliphatic carbocycles. The molecule has 1 saturated heterocycles. The molecule has 3 nitrogen and oxygen atoms in total. The third-order valence-corrected chi connectivity index (χ3v) is 3.80. The molecule has 2 unspecified atom stereocenters. The minimum atomic E-state index is -0.400. The number of rotatable bonds is 1. The van der Waals surface area contributed by atoms with Gasteiger partial charge in [0.25, 0.3) is 0 Å². The number of fused-ring (bicyclic) bond motifs is 1. The van der Waals surface area contributed by atoms with E-state index in [1.807, 2.05) is 18.2 Å². The number of aliphatic hydroxyl groups is 1. The predicted molar refractivity (Wildman–Crippen MR) is 66.1 cm³/mol. The van der Waals surface area contributed by atoms with Gasteiger partial charge in [-0.1, -0.05) is 24.6 Å². The van der Waals surface area contributed by atoms with E-state index in [9.17, 15) is 5.11 Å². The molecule has 2 atom stereocenters. The second-order valence-corrected chi connectivity index (χ2v) is 4.96. The fraction of sp³-hybridized carbons (Fsp3) is 0.571. The SMILES string of the molecule is OC1COc2ccccc2C1N1CCCCC1. The highest BCUT2D eigenvalue weighted by molar-refractivity contribution is 5.38. The first kappa shape index (κ1) is 11.1. The number of aliphatic hydroxyl groups excluding tert-OH is 1. The van der Waals surface area contributed by atoms with Crippen LogP contribution in [0.25, 0.3) is 0 Å². The van der Waals surface area contributed by atoms with Gasteiger partial charge in [-0.15, -0.1) is 0 Å². The van der Waals surface area contributed by atoms with Crippen molar-refractivity contribution in [1.82, 2.24) is 4.90 Å². The van der Waals surface area contributed by atoms with E-state index in [0.29, 0.717) is 6.61 Å². The fourth-order valence-electron chi connectivity index (χ4n) is 2.97. The molecule has 0 aromatic heterocycles. The number of para-hydroxylation sites is 1. The Morgan fingerprint density at radius 1 is 1.12 bits per heavy atom. The molecular weight excluding hydrogens is 214 g/mol. The van der Waals surface area contributed by atoms with Crippen molar-refractivity contribution in [3.05, 3.63) is 29.8 Å². The number of hydrogen-bond acceptors (Lipinski definition) is 3. The van der Waals surface area contributed by atoms with Gasteiger partial charge in [0.1, 0.15) is 18.5 Å².